The quantitative estimate of drug-likeness (QED) is 0.872. The molecule has 1 aromatic heterocycles. The molecular formula is C17H17ClF3N3O. The van der Waals surface area contributed by atoms with E-state index in [2.05, 4.69) is 10.3 Å². The summed E-state index contributed by atoms with van der Waals surface area (Å²) < 4.78 is 37.9. The van der Waals surface area contributed by atoms with Crippen molar-refractivity contribution in [3.05, 3.63) is 64.4 Å². The highest BCUT2D eigenvalue weighted by atomic mass is 35.5. The molecule has 1 heterocycles. The van der Waals surface area contributed by atoms with Crippen LogP contribution in [0.5, 0.6) is 0 Å². The first-order valence-electron chi connectivity index (χ1n) is 7.41. The van der Waals surface area contributed by atoms with E-state index in [0.29, 0.717) is 6.20 Å². The number of aromatic nitrogens is 1. The van der Waals surface area contributed by atoms with Gasteiger partial charge in [0.05, 0.1) is 22.8 Å². The predicted octanol–water partition coefficient (Wildman–Crippen LogP) is 3.67. The van der Waals surface area contributed by atoms with Crippen LogP contribution in [0.15, 0.2) is 42.6 Å². The molecule has 0 saturated heterocycles. The number of carbonyl (C=O) groups is 1. The first kappa shape index (κ1) is 19.2. The lowest BCUT2D eigenvalue weighted by molar-refractivity contribution is -0.137. The number of pyridine rings is 1. The zero-order valence-corrected chi connectivity index (χ0v) is 14.4. The zero-order chi connectivity index (χ0) is 18.6. The molecule has 4 nitrogen and oxygen atoms in total. The largest absolute Gasteiger partial charge is 0.417 e. The first-order valence-corrected chi connectivity index (χ1v) is 7.78. The molecule has 1 amide bonds. The van der Waals surface area contributed by atoms with Gasteiger partial charge in [-0.15, -0.1) is 0 Å². The molecule has 1 unspecified atom stereocenters. The summed E-state index contributed by atoms with van der Waals surface area (Å²) in [5.74, 6) is -0.297. The fraction of sp³-hybridized carbons (Fsp3) is 0.294. The van der Waals surface area contributed by atoms with Crippen LogP contribution in [0.2, 0.25) is 5.02 Å². The second kappa shape index (κ2) is 7.84. The Morgan fingerprint density at radius 2 is 1.92 bits per heavy atom. The van der Waals surface area contributed by atoms with Crippen LogP contribution in [0, 0.1) is 0 Å². The number of halogens is 4. The molecule has 1 aromatic carbocycles. The van der Waals surface area contributed by atoms with Crippen LogP contribution >= 0.6 is 11.6 Å². The summed E-state index contributed by atoms with van der Waals surface area (Å²) >= 11 is 5.85. The Bertz CT molecular complexity index is 736. The van der Waals surface area contributed by atoms with E-state index in [-0.39, 0.29) is 23.2 Å². The van der Waals surface area contributed by atoms with Gasteiger partial charge >= 0.3 is 6.18 Å². The van der Waals surface area contributed by atoms with Crippen molar-refractivity contribution in [1.82, 2.24) is 15.2 Å². The van der Waals surface area contributed by atoms with Gasteiger partial charge in [0.15, 0.2) is 0 Å². The van der Waals surface area contributed by atoms with Crippen LogP contribution in [0.3, 0.4) is 0 Å². The molecular weight excluding hydrogens is 355 g/mol. The Morgan fingerprint density at radius 1 is 1.28 bits per heavy atom. The third kappa shape index (κ3) is 4.93. The predicted molar refractivity (Wildman–Crippen MR) is 89.0 cm³/mol. The van der Waals surface area contributed by atoms with Crippen molar-refractivity contribution in [3.8, 4) is 0 Å². The summed E-state index contributed by atoms with van der Waals surface area (Å²) in [6.07, 6.45) is -3.81. The SMILES string of the molecule is CN(C)C(C(=O)NCc1ncc(C(F)(F)F)cc1Cl)c1ccccc1. The number of rotatable bonds is 5. The molecule has 2 aromatic rings. The van der Waals surface area contributed by atoms with Gasteiger partial charge in [-0.25, -0.2) is 0 Å². The molecule has 1 N–H and O–H groups in total. The van der Waals surface area contributed by atoms with Gasteiger partial charge in [0.2, 0.25) is 5.91 Å². The highest BCUT2D eigenvalue weighted by Crippen LogP contribution is 2.31. The van der Waals surface area contributed by atoms with Crippen molar-refractivity contribution < 1.29 is 18.0 Å². The standard InChI is InChI=1S/C17H17ClF3N3O/c1-24(2)15(11-6-4-3-5-7-11)16(25)23-10-14-13(18)8-12(9-22-14)17(19,20)21/h3-9,15H,10H2,1-2H3,(H,23,25). The van der Waals surface area contributed by atoms with E-state index < -0.39 is 17.8 Å². The van der Waals surface area contributed by atoms with Crippen LogP contribution in [-0.2, 0) is 17.5 Å². The number of likely N-dealkylation sites (N-methyl/N-ethyl adjacent to an activating group) is 1. The van der Waals surface area contributed by atoms with E-state index in [1.54, 1.807) is 19.0 Å². The minimum Gasteiger partial charge on any atom is -0.349 e. The lowest BCUT2D eigenvalue weighted by atomic mass is 10.1. The van der Waals surface area contributed by atoms with Crippen LogP contribution < -0.4 is 5.32 Å². The van der Waals surface area contributed by atoms with Crippen molar-refractivity contribution in [2.75, 3.05) is 14.1 Å². The summed E-state index contributed by atoms with van der Waals surface area (Å²) in [7, 11) is 3.53. The van der Waals surface area contributed by atoms with E-state index in [1.165, 1.54) is 0 Å². The molecule has 8 heteroatoms. The Balaban J connectivity index is 2.11. The molecule has 1 atom stereocenters. The maximum absolute atomic E-state index is 12.6. The van der Waals surface area contributed by atoms with Crippen LogP contribution in [0.1, 0.15) is 22.9 Å². The number of nitrogens with zero attached hydrogens (tertiary/aromatic N) is 2. The Kier molecular flexibility index (Phi) is 6.02. The first-order chi connectivity index (χ1) is 11.7. The smallest absolute Gasteiger partial charge is 0.349 e. The van der Waals surface area contributed by atoms with E-state index in [0.717, 1.165) is 11.6 Å². The molecule has 0 aliphatic heterocycles. The van der Waals surface area contributed by atoms with Gasteiger partial charge in [0.25, 0.3) is 0 Å². The Labute approximate surface area is 148 Å². The van der Waals surface area contributed by atoms with Crippen LogP contribution in [-0.4, -0.2) is 29.9 Å². The molecule has 0 bridgehead atoms. The minimum absolute atomic E-state index is 0.0625. The third-order valence-electron chi connectivity index (χ3n) is 3.55. The van der Waals surface area contributed by atoms with Crippen LogP contribution in [0.25, 0.3) is 0 Å². The maximum Gasteiger partial charge on any atom is 0.417 e. The number of alkyl halides is 3. The zero-order valence-electron chi connectivity index (χ0n) is 13.6. The number of benzene rings is 1. The van der Waals surface area contributed by atoms with Gasteiger partial charge < -0.3 is 5.32 Å². The van der Waals surface area contributed by atoms with Crippen molar-refractivity contribution in [2.24, 2.45) is 0 Å². The van der Waals surface area contributed by atoms with E-state index in [9.17, 15) is 18.0 Å². The van der Waals surface area contributed by atoms with Crippen molar-refractivity contribution in [2.45, 2.75) is 18.8 Å². The number of nitrogens with one attached hydrogen (secondary N) is 1. The van der Waals surface area contributed by atoms with Crippen molar-refractivity contribution >= 4 is 17.5 Å². The Morgan fingerprint density at radius 3 is 2.44 bits per heavy atom. The highest BCUT2D eigenvalue weighted by Gasteiger charge is 2.31. The van der Waals surface area contributed by atoms with E-state index in [1.807, 2.05) is 30.3 Å². The van der Waals surface area contributed by atoms with Gasteiger partial charge in [0.1, 0.15) is 6.04 Å². The molecule has 0 aliphatic rings. The molecule has 0 radical (unpaired) electrons. The minimum atomic E-state index is -4.51. The summed E-state index contributed by atoms with van der Waals surface area (Å²) in [6.45, 7) is -0.0625. The van der Waals surface area contributed by atoms with E-state index >= 15 is 0 Å². The average Bonchev–Trinajstić information content (AvgIpc) is 2.53. The summed E-state index contributed by atoms with van der Waals surface area (Å²) in [6, 6.07) is 9.42. The molecule has 0 aliphatic carbocycles. The van der Waals surface area contributed by atoms with Crippen molar-refractivity contribution in [1.29, 1.82) is 0 Å². The maximum atomic E-state index is 12.6. The fourth-order valence-corrected chi connectivity index (χ4v) is 2.57. The van der Waals surface area contributed by atoms with Gasteiger partial charge in [-0.1, -0.05) is 41.9 Å². The van der Waals surface area contributed by atoms with Gasteiger partial charge in [-0.2, -0.15) is 13.2 Å². The van der Waals surface area contributed by atoms with Crippen molar-refractivity contribution in [3.63, 3.8) is 0 Å². The lowest BCUT2D eigenvalue weighted by Crippen LogP contribution is -2.36. The summed E-state index contributed by atoms with van der Waals surface area (Å²) in [4.78, 5) is 17.9. The lowest BCUT2D eigenvalue weighted by Gasteiger charge is -2.23. The van der Waals surface area contributed by atoms with E-state index in [4.69, 9.17) is 11.6 Å². The normalized spacial score (nSPS) is 12.9. The molecule has 0 fully saturated rings. The second-order valence-corrected chi connectivity index (χ2v) is 6.05. The topological polar surface area (TPSA) is 45.2 Å². The number of carbonyl (C=O) groups excluding carboxylic acids is 1. The van der Waals surface area contributed by atoms with Crippen LogP contribution in [0.4, 0.5) is 13.2 Å². The molecule has 25 heavy (non-hydrogen) atoms. The van der Waals surface area contributed by atoms with Gasteiger partial charge in [-0.3, -0.25) is 14.7 Å². The average molecular weight is 372 g/mol. The Hall–Kier alpha value is -2.12. The molecule has 2 rings (SSSR count). The highest BCUT2D eigenvalue weighted by molar-refractivity contribution is 6.31. The third-order valence-corrected chi connectivity index (χ3v) is 3.88. The van der Waals surface area contributed by atoms with Gasteiger partial charge in [0, 0.05) is 6.20 Å². The molecule has 134 valence electrons. The summed E-state index contributed by atoms with van der Waals surface area (Å²) in [5, 5.41) is 2.53. The monoisotopic (exact) mass is 371 g/mol. The fourth-order valence-electron chi connectivity index (χ4n) is 2.34. The second-order valence-electron chi connectivity index (χ2n) is 5.64. The molecule has 0 spiro atoms. The summed E-state index contributed by atoms with van der Waals surface area (Å²) in [5.41, 5.74) is 0.0492. The van der Waals surface area contributed by atoms with Gasteiger partial charge in [-0.05, 0) is 25.7 Å². The number of hydrogen-bond donors (Lipinski definition) is 1. The number of hydrogen-bond acceptors (Lipinski definition) is 3. The molecule has 0 saturated carbocycles. The number of amides is 1.